The molecule has 2 aliphatic rings. The molecule has 0 N–H and O–H groups in total. The van der Waals surface area contributed by atoms with Crippen molar-refractivity contribution in [3.05, 3.63) is 235 Å². The van der Waals surface area contributed by atoms with E-state index >= 15 is 0 Å². The summed E-state index contributed by atoms with van der Waals surface area (Å²) in [6.45, 7) is 0. The fraction of sp³-hybridized carbons (Fsp3) is 0.0612. The van der Waals surface area contributed by atoms with Crippen molar-refractivity contribution in [2.75, 3.05) is 4.90 Å². The molecule has 0 fully saturated rings. The van der Waals surface area contributed by atoms with Crippen LogP contribution in [0.3, 0.4) is 0 Å². The van der Waals surface area contributed by atoms with E-state index in [-0.39, 0.29) is 11.3 Å². The predicted molar refractivity (Wildman–Crippen MR) is 209 cm³/mol. The molecule has 0 heterocycles. The van der Waals surface area contributed by atoms with Crippen molar-refractivity contribution >= 4 is 17.1 Å². The van der Waals surface area contributed by atoms with Crippen molar-refractivity contribution in [2.45, 2.75) is 11.3 Å². The number of allylic oxidation sites excluding steroid dienone is 4. The number of nitrogens with zero attached hydrogens (tertiary/aromatic N) is 1. The zero-order chi connectivity index (χ0) is 33.3. The normalized spacial score (nSPS) is 18.7. The van der Waals surface area contributed by atoms with Crippen LogP contribution in [0.25, 0.3) is 22.3 Å². The average molecular weight is 640 g/mol. The van der Waals surface area contributed by atoms with Crippen LogP contribution in [0.4, 0.5) is 17.1 Å². The zero-order valence-corrected chi connectivity index (χ0v) is 27.8. The number of benzene rings is 7. The highest BCUT2D eigenvalue weighted by molar-refractivity contribution is 5.80. The van der Waals surface area contributed by atoms with Gasteiger partial charge in [-0.25, -0.2) is 0 Å². The molecule has 3 unspecified atom stereocenters. The lowest BCUT2D eigenvalue weighted by atomic mass is 9.63. The van der Waals surface area contributed by atoms with Gasteiger partial charge in [0.2, 0.25) is 0 Å². The van der Waals surface area contributed by atoms with E-state index in [1.807, 2.05) is 0 Å². The summed E-state index contributed by atoms with van der Waals surface area (Å²) < 4.78 is 0. The molecule has 0 radical (unpaired) electrons. The molecule has 0 amide bonds. The second-order valence-corrected chi connectivity index (χ2v) is 13.3. The van der Waals surface area contributed by atoms with Gasteiger partial charge in [0.05, 0.1) is 5.41 Å². The highest BCUT2D eigenvalue weighted by atomic mass is 15.1. The van der Waals surface area contributed by atoms with Crippen molar-refractivity contribution in [3.8, 4) is 22.3 Å². The summed E-state index contributed by atoms with van der Waals surface area (Å²) in [4.78, 5) is 2.37. The van der Waals surface area contributed by atoms with Gasteiger partial charge in [-0.15, -0.1) is 0 Å². The van der Waals surface area contributed by atoms with Gasteiger partial charge in [-0.05, 0) is 80.9 Å². The molecule has 0 saturated carbocycles. The van der Waals surface area contributed by atoms with Crippen LogP contribution in [-0.2, 0) is 5.41 Å². The molecule has 0 aliphatic heterocycles. The number of hydrogen-bond acceptors (Lipinski definition) is 1. The minimum atomic E-state index is -0.304. The fourth-order valence-electron chi connectivity index (χ4n) is 8.40. The Morgan fingerprint density at radius 1 is 0.360 bits per heavy atom. The molecule has 50 heavy (non-hydrogen) atoms. The highest BCUT2D eigenvalue weighted by Gasteiger charge is 2.52. The van der Waals surface area contributed by atoms with Crippen molar-refractivity contribution in [1.82, 2.24) is 0 Å². The molecule has 238 valence electrons. The first kappa shape index (κ1) is 29.9. The maximum Gasteiger partial charge on any atom is 0.0525 e. The van der Waals surface area contributed by atoms with E-state index in [0.29, 0.717) is 5.92 Å². The predicted octanol–water partition coefficient (Wildman–Crippen LogP) is 12.7. The van der Waals surface area contributed by atoms with Crippen LogP contribution in [0, 0.1) is 5.92 Å². The summed E-state index contributed by atoms with van der Waals surface area (Å²) in [6, 6.07) is 68.6. The lowest BCUT2D eigenvalue weighted by Gasteiger charge is -2.39. The molecule has 0 aromatic heterocycles. The molecule has 9 rings (SSSR count). The second kappa shape index (κ2) is 12.7. The summed E-state index contributed by atoms with van der Waals surface area (Å²) in [5.41, 5.74) is 13.4. The number of anilines is 3. The van der Waals surface area contributed by atoms with Crippen LogP contribution in [-0.4, -0.2) is 0 Å². The van der Waals surface area contributed by atoms with Gasteiger partial charge in [0, 0.05) is 28.9 Å². The van der Waals surface area contributed by atoms with E-state index in [1.54, 1.807) is 0 Å². The Labute approximate surface area is 295 Å². The van der Waals surface area contributed by atoms with Gasteiger partial charge in [0.15, 0.2) is 0 Å². The Hall–Kier alpha value is -6.18. The molecule has 3 atom stereocenters. The summed E-state index contributed by atoms with van der Waals surface area (Å²) >= 11 is 0. The molecule has 1 nitrogen and oxygen atoms in total. The van der Waals surface area contributed by atoms with Gasteiger partial charge in [0.1, 0.15) is 0 Å². The van der Waals surface area contributed by atoms with Crippen molar-refractivity contribution in [1.29, 1.82) is 0 Å². The van der Waals surface area contributed by atoms with Crippen molar-refractivity contribution < 1.29 is 0 Å². The number of fused-ring (bicyclic) bond motifs is 3. The average Bonchev–Trinajstić information content (AvgIpc) is 3.51. The first-order valence-electron chi connectivity index (χ1n) is 17.5. The van der Waals surface area contributed by atoms with Crippen molar-refractivity contribution in [2.24, 2.45) is 5.92 Å². The lowest BCUT2D eigenvalue weighted by molar-refractivity contribution is 0.457. The van der Waals surface area contributed by atoms with E-state index in [2.05, 4.69) is 217 Å². The summed E-state index contributed by atoms with van der Waals surface area (Å²) in [7, 11) is 0. The van der Waals surface area contributed by atoms with Gasteiger partial charge >= 0.3 is 0 Å². The molecular weight excluding hydrogens is 603 g/mol. The van der Waals surface area contributed by atoms with E-state index < -0.39 is 0 Å². The standard InChI is InChI=1S/C49H37N/c1-4-14-36(15-5-1)38-24-30-42(31-25-38)50(43-32-26-39(27-33-43)37-16-6-2-7-17-37)44-34-28-41(29-35-44)49(40-18-8-3-9-19-40)47-22-12-10-20-45(47)46-21-11-13-23-48(46)49/h1-35,45,47H. The Morgan fingerprint density at radius 3 is 1.34 bits per heavy atom. The van der Waals surface area contributed by atoms with Gasteiger partial charge in [-0.2, -0.15) is 0 Å². The molecule has 0 spiro atoms. The lowest BCUT2D eigenvalue weighted by Crippen LogP contribution is -2.35. The van der Waals surface area contributed by atoms with Gasteiger partial charge in [0.25, 0.3) is 0 Å². The highest BCUT2D eigenvalue weighted by Crippen LogP contribution is 2.59. The third-order valence-corrected chi connectivity index (χ3v) is 10.7. The largest absolute Gasteiger partial charge is 0.311 e. The van der Waals surface area contributed by atoms with Gasteiger partial charge < -0.3 is 4.90 Å². The van der Waals surface area contributed by atoms with Crippen LogP contribution in [0.15, 0.2) is 212 Å². The first-order chi connectivity index (χ1) is 24.8. The van der Waals surface area contributed by atoms with Crippen LogP contribution < -0.4 is 4.90 Å². The summed E-state index contributed by atoms with van der Waals surface area (Å²) in [6.07, 6.45) is 9.27. The third-order valence-electron chi connectivity index (χ3n) is 10.7. The third kappa shape index (κ3) is 5.02. The van der Waals surface area contributed by atoms with Gasteiger partial charge in [-0.3, -0.25) is 0 Å². The van der Waals surface area contributed by atoms with Crippen LogP contribution in [0.2, 0.25) is 0 Å². The van der Waals surface area contributed by atoms with Gasteiger partial charge in [-0.1, -0.05) is 176 Å². The van der Waals surface area contributed by atoms with E-state index in [0.717, 1.165) is 17.1 Å². The molecule has 2 aliphatic carbocycles. The second-order valence-electron chi connectivity index (χ2n) is 13.3. The van der Waals surface area contributed by atoms with Crippen LogP contribution in [0.5, 0.6) is 0 Å². The Bertz CT molecular complexity index is 2200. The fourth-order valence-corrected chi connectivity index (χ4v) is 8.40. The number of hydrogen-bond donors (Lipinski definition) is 0. The van der Waals surface area contributed by atoms with E-state index in [4.69, 9.17) is 0 Å². The molecule has 7 aromatic rings. The van der Waals surface area contributed by atoms with E-state index in [9.17, 15) is 0 Å². The monoisotopic (exact) mass is 639 g/mol. The molecule has 1 heteroatoms. The maximum absolute atomic E-state index is 2.43. The molecule has 0 saturated heterocycles. The Kier molecular flexibility index (Phi) is 7.59. The number of rotatable bonds is 7. The SMILES string of the molecule is C1=CC2c3ccccc3C(c3ccccc3)(c3ccc(N(c4ccc(-c5ccccc5)cc4)c4ccc(-c5ccccc5)cc4)cc3)C2C=C1. The van der Waals surface area contributed by atoms with Crippen LogP contribution in [0.1, 0.15) is 28.2 Å². The minimum Gasteiger partial charge on any atom is -0.311 e. The Morgan fingerprint density at radius 2 is 0.780 bits per heavy atom. The molecule has 7 aromatic carbocycles. The molecular formula is C49H37N. The summed E-state index contributed by atoms with van der Waals surface area (Å²) in [5, 5.41) is 0. The summed E-state index contributed by atoms with van der Waals surface area (Å²) in [5.74, 6) is 0.615. The van der Waals surface area contributed by atoms with Crippen LogP contribution >= 0.6 is 0 Å². The topological polar surface area (TPSA) is 3.24 Å². The van der Waals surface area contributed by atoms with E-state index in [1.165, 1.54) is 44.5 Å². The van der Waals surface area contributed by atoms with Crippen molar-refractivity contribution in [3.63, 3.8) is 0 Å². The first-order valence-corrected chi connectivity index (χ1v) is 17.5. The quantitative estimate of drug-likeness (QED) is 0.168. The zero-order valence-electron chi connectivity index (χ0n) is 27.8. The minimum absolute atomic E-state index is 0.283. The Balaban J connectivity index is 1.17. The molecule has 0 bridgehead atoms. The smallest absolute Gasteiger partial charge is 0.0525 e. The maximum atomic E-state index is 2.43.